The van der Waals surface area contributed by atoms with Crippen LogP contribution in [0.4, 0.5) is 0 Å². The van der Waals surface area contributed by atoms with Crippen molar-refractivity contribution in [2.24, 2.45) is 5.73 Å². The van der Waals surface area contributed by atoms with Gasteiger partial charge in [-0.2, -0.15) is 0 Å². The summed E-state index contributed by atoms with van der Waals surface area (Å²) in [5.74, 6) is -0.0755. The number of H-pyrrole nitrogens is 1. The lowest BCUT2D eigenvalue weighted by Gasteiger charge is -2.34. The normalized spacial score (nSPS) is 16.8. The number of rotatable bonds is 3. The van der Waals surface area contributed by atoms with E-state index in [0.29, 0.717) is 25.2 Å². The predicted octanol–water partition coefficient (Wildman–Crippen LogP) is -0.909. The Morgan fingerprint density at radius 2 is 2.06 bits per heavy atom. The van der Waals surface area contributed by atoms with Crippen molar-refractivity contribution < 1.29 is 4.79 Å². The second-order valence-electron chi connectivity index (χ2n) is 4.36. The van der Waals surface area contributed by atoms with E-state index in [9.17, 15) is 9.59 Å². The minimum atomic E-state index is -0.248. The zero-order chi connectivity index (χ0) is 13.0. The molecule has 1 amide bonds. The molecule has 0 aliphatic carbocycles. The first-order valence-corrected chi connectivity index (χ1v) is 6.11. The Bertz CT molecular complexity index is 463. The molecule has 0 aromatic carbocycles. The lowest BCUT2D eigenvalue weighted by Crippen LogP contribution is -2.49. The Morgan fingerprint density at radius 3 is 2.67 bits per heavy atom. The summed E-state index contributed by atoms with van der Waals surface area (Å²) in [6, 6.07) is 2.98. The molecule has 0 radical (unpaired) electrons. The standard InChI is InChI=1S/C12H18N4O2/c13-2-4-15-5-7-16(8-6-15)12(18)10-1-3-14-11(17)9-10/h1,3,9H,2,4-8,13H2,(H,14,17). The van der Waals surface area contributed by atoms with E-state index in [2.05, 4.69) is 9.88 Å². The van der Waals surface area contributed by atoms with Crippen molar-refractivity contribution in [1.29, 1.82) is 0 Å². The summed E-state index contributed by atoms with van der Waals surface area (Å²) in [4.78, 5) is 29.8. The van der Waals surface area contributed by atoms with E-state index in [0.717, 1.165) is 19.6 Å². The maximum atomic E-state index is 12.1. The van der Waals surface area contributed by atoms with Crippen LogP contribution in [0.1, 0.15) is 10.4 Å². The first-order chi connectivity index (χ1) is 8.70. The van der Waals surface area contributed by atoms with Gasteiger partial charge in [0.1, 0.15) is 0 Å². The van der Waals surface area contributed by atoms with E-state index in [1.54, 1.807) is 11.0 Å². The topological polar surface area (TPSA) is 82.4 Å². The second kappa shape index (κ2) is 5.79. The molecule has 6 heteroatoms. The van der Waals surface area contributed by atoms with Crippen molar-refractivity contribution in [3.63, 3.8) is 0 Å². The van der Waals surface area contributed by atoms with Crippen LogP contribution in [0.5, 0.6) is 0 Å². The quantitative estimate of drug-likeness (QED) is 0.727. The molecule has 0 bridgehead atoms. The molecular weight excluding hydrogens is 232 g/mol. The molecule has 0 unspecified atom stereocenters. The van der Waals surface area contributed by atoms with Gasteiger partial charge in [-0.1, -0.05) is 0 Å². The number of aromatic nitrogens is 1. The van der Waals surface area contributed by atoms with Crippen LogP contribution in [0, 0.1) is 0 Å². The zero-order valence-corrected chi connectivity index (χ0v) is 10.3. The molecule has 3 N–H and O–H groups in total. The summed E-state index contributed by atoms with van der Waals surface area (Å²) in [7, 11) is 0. The summed E-state index contributed by atoms with van der Waals surface area (Å²) in [6.45, 7) is 4.56. The number of nitrogens with zero attached hydrogens (tertiary/aromatic N) is 2. The average Bonchev–Trinajstić information content (AvgIpc) is 2.39. The monoisotopic (exact) mass is 250 g/mol. The lowest BCUT2D eigenvalue weighted by atomic mass is 10.2. The van der Waals surface area contributed by atoms with Gasteiger partial charge in [0.05, 0.1) is 0 Å². The third-order valence-corrected chi connectivity index (χ3v) is 3.13. The van der Waals surface area contributed by atoms with E-state index < -0.39 is 0 Å². The van der Waals surface area contributed by atoms with Crippen LogP contribution < -0.4 is 11.3 Å². The molecule has 2 heterocycles. The molecule has 1 aliphatic heterocycles. The highest BCUT2D eigenvalue weighted by atomic mass is 16.2. The number of nitrogens with two attached hydrogens (primary N) is 1. The van der Waals surface area contributed by atoms with Crippen molar-refractivity contribution in [3.8, 4) is 0 Å². The van der Waals surface area contributed by atoms with Gasteiger partial charge < -0.3 is 15.6 Å². The number of hydrogen-bond donors (Lipinski definition) is 2. The maximum Gasteiger partial charge on any atom is 0.254 e. The number of pyridine rings is 1. The van der Waals surface area contributed by atoms with Crippen LogP contribution in [0.2, 0.25) is 0 Å². The highest BCUT2D eigenvalue weighted by Gasteiger charge is 2.21. The second-order valence-corrected chi connectivity index (χ2v) is 4.36. The molecule has 2 rings (SSSR count). The van der Waals surface area contributed by atoms with E-state index in [1.807, 2.05) is 0 Å². The minimum Gasteiger partial charge on any atom is -0.336 e. The van der Waals surface area contributed by atoms with E-state index >= 15 is 0 Å². The van der Waals surface area contributed by atoms with Crippen molar-refractivity contribution in [3.05, 3.63) is 34.2 Å². The summed E-state index contributed by atoms with van der Waals surface area (Å²) < 4.78 is 0. The predicted molar refractivity (Wildman–Crippen MR) is 68.5 cm³/mol. The van der Waals surface area contributed by atoms with Crippen LogP contribution in [-0.4, -0.2) is 60.0 Å². The third-order valence-electron chi connectivity index (χ3n) is 3.13. The Morgan fingerprint density at radius 1 is 1.33 bits per heavy atom. The highest BCUT2D eigenvalue weighted by molar-refractivity contribution is 5.94. The first kappa shape index (κ1) is 12.8. The number of aromatic amines is 1. The van der Waals surface area contributed by atoms with Gasteiger partial charge in [0.15, 0.2) is 0 Å². The van der Waals surface area contributed by atoms with Crippen LogP contribution in [-0.2, 0) is 0 Å². The summed E-state index contributed by atoms with van der Waals surface area (Å²) in [6.07, 6.45) is 1.50. The molecule has 1 aromatic rings. The molecule has 0 spiro atoms. The fraction of sp³-hybridized carbons (Fsp3) is 0.500. The molecule has 1 aliphatic rings. The van der Waals surface area contributed by atoms with Crippen LogP contribution >= 0.6 is 0 Å². The molecule has 0 atom stereocenters. The third kappa shape index (κ3) is 2.96. The lowest BCUT2D eigenvalue weighted by molar-refractivity contribution is 0.0641. The largest absolute Gasteiger partial charge is 0.336 e. The fourth-order valence-corrected chi connectivity index (χ4v) is 2.12. The van der Waals surface area contributed by atoms with Gasteiger partial charge in [-0.15, -0.1) is 0 Å². The van der Waals surface area contributed by atoms with Crippen molar-refractivity contribution >= 4 is 5.91 Å². The average molecular weight is 250 g/mol. The SMILES string of the molecule is NCCN1CCN(C(=O)c2cc[nH]c(=O)c2)CC1. The van der Waals surface area contributed by atoms with Gasteiger partial charge in [-0.3, -0.25) is 14.5 Å². The van der Waals surface area contributed by atoms with Crippen molar-refractivity contribution in [2.75, 3.05) is 39.3 Å². The van der Waals surface area contributed by atoms with Crippen molar-refractivity contribution in [1.82, 2.24) is 14.8 Å². The molecule has 1 aromatic heterocycles. The molecule has 1 saturated heterocycles. The van der Waals surface area contributed by atoms with E-state index in [1.165, 1.54) is 12.3 Å². The number of amides is 1. The van der Waals surface area contributed by atoms with Gasteiger partial charge in [-0.25, -0.2) is 0 Å². The number of carbonyl (C=O) groups is 1. The van der Waals surface area contributed by atoms with Gasteiger partial charge in [0.25, 0.3) is 5.91 Å². The molecule has 6 nitrogen and oxygen atoms in total. The molecule has 98 valence electrons. The van der Waals surface area contributed by atoms with Gasteiger partial charge in [0, 0.05) is 57.1 Å². The molecular formula is C12H18N4O2. The van der Waals surface area contributed by atoms with Crippen LogP contribution in [0.3, 0.4) is 0 Å². The van der Waals surface area contributed by atoms with Crippen LogP contribution in [0.25, 0.3) is 0 Å². The molecule has 0 saturated carbocycles. The molecule has 18 heavy (non-hydrogen) atoms. The Kier molecular flexibility index (Phi) is 4.11. The summed E-state index contributed by atoms with van der Waals surface area (Å²) >= 11 is 0. The molecule has 1 fully saturated rings. The first-order valence-electron chi connectivity index (χ1n) is 6.11. The number of nitrogens with one attached hydrogen (secondary N) is 1. The van der Waals surface area contributed by atoms with Gasteiger partial charge in [-0.05, 0) is 6.07 Å². The van der Waals surface area contributed by atoms with Crippen LogP contribution in [0.15, 0.2) is 23.1 Å². The zero-order valence-electron chi connectivity index (χ0n) is 10.3. The smallest absolute Gasteiger partial charge is 0.254 e. The van der Waals surface area contributed by atoms with Gasteiger partial charge in [0.2, 0.25) is 5.56 Å². The minimum absolute atomic E-state index is 0.0755. The van der Waals surface area contributed by atoms with E-state index in [4.69, 9.17) is 5.73 Å². The number of piperazine rings is 1. The summed E-state index contributed by atoms with van der Waals surface area (Å²) in [5.41, 5.74) is 5.70. The Labute approximate surface area is 105 Å². The Balaban J connectivity index is 1.97. The van der Waals surface area contributed by atoms with E-state index in [-0.39, 0.29) is 11.5 Å². The van der Waals surface area contributed by atoms with Crippen molar-refractivity contribution in [2.45, 2.75) is 0 Å². The fourth-order valence-electron chi connectivity index (χ4n) is 2.12. The summed E-state index contributed by atoms with van der Waals surface area (Å²) in [5, 5.41) is 0. The number of hydrogen-bond acceptors (Lipinski definition) is 4. The Hall–Kier alpha value is -1.66. The maximum absolute atomic E-state index is 12.1. The highest BCUT2D eigenvalue weighted by Crippen LogP contribution is 2.06. The number of carbonyl (C=O) groups excluding carboxylic acids is 1. The van der Waals surface area contributed by atoms with Gasteiger partial charge >= 0.3 is 0 Å².